The fourth-order valence-electron chi connectivity index (χ4n) is 5.57. The molecule has 3 fully saturated rings. The molecule has 150 valence electrons. The summed E-state index contributed by atoms with van der Waals surface area (Å²) in [5.41, 5.74) is 2.14. The van der Waals surface area contributed by atoms with Gasteiger partial charge in [-0.25, -0.2) is 4.68 Å². The average molecular weight is 401 g/mol. The summed E-state index contributed by atoms with van der Waals surface area (Å²) in [4.78, 5) is 5.08. The SMILES string of the molecule is O[C@@H]1C[C@H]2CN(Cc3cnn(-c4ccccc4Cl)c3)C[C@H]2C[C@H]1N1CCCC1. The van der Waals surface area contributed by atoms with E-state index < -0.39 is 0 Å². The van der Waals surface area contributed by atoms with Crippen LogP contribution in [0, 0.1) is 11.8 Å². The quantitative estimate of drug-likeness (QED) is 0.856. The number of hydrogen-bond acceptors (Lipinski definition) is 4. The van der Waals surface area contributed by atoms with Crippen molar-refractivity contribution in [3.63, 3.8) is 0 Å². The van der Waals surface area contributed by atoms with Gasteiger partial charge in [-0.15, -0.1) is 0 Å². The number of aromatic nitrogens is 2. The lowest BCUT2D eigenvalue weighted by Gasteiger charge is -2.40. The van der Waals surface area contributed by atoms with Crippen molar-refractivity contribution in [2.24, 2.45) is 11.8 Å². The molecule has 1 aromatic carbocycles. The molecular weight excluding hydrogens is 372 g/mol. The molecule has 3 heterocycles. The molecule has 0 spiro atoms. The van der Waals surface area contributed by atoms with Crippen molar-refractivity contribution in [3.05, 3.63) is 47.2 Å². The van der Waals surface area contributed by atoms with Crippen LogP contribution >= 0.6 is 11.6 Å². The lowest BCUT2D eigenvalue weighted by Crippen LogP contribution is -2.48. The Kier molecular flexibility index (Phi) is 5.18. The van der Waals surface area contributed by atoms with Crippen LogP contribution in [-0.2, 0) is 6.54 Å². The van der Waals surface area contributed by atoms with Gasteiger partial charge in [-0.2, -0.15) is 5.10 Å². The van der Waals surface area contributed by atoms with Crippen molar-refractivity contribution in [3.8, 4) is 5.69 Å². The molecule has 4 atom stereocenters. The molecule has 2 aliphatic heterocycles. The van der Waals surface area contributed by atoms with Gasteiger partial charge in [-0.3, -0.25) is 9.80 Å². The average Bonchev–Trinajstić information content (AvgIpc) is 3.42. The molecule has 0 unspecified atom stereocenters. The number of rotatable bonds is 4. The first-order valence-corrected chi connectivity index (χ1v) is 11.0. The van der Waals surface area contributed by atoms with Crippen LogP contribution in [0.25, 0.3) is 5.69 Å². The second kappa shape index (κ2) is 7.79. The van der Waals surface area contributed by atoms with Crippen molar-refractivity contribution >= 4 is 11.6 Å². The number of para-hydroxylation sites is 1. The van der Waals surface area contributed by atoms with Gasteiger partial charge in [0.15, 0.2) is 0 Å². The maximum Gasteiger partial charge on any atom is 0.0831 e. The molecule has 28 heavy (non-hydrogen) atoms. The number of aliphatic hydroxyl groups excluding tert-OH is 1. The van der Waals surface area contributed by atoms with Gasteiger partial charge in [0.05, 0.1) is 23.0 Å². The summed E-state index contributed by atoms with van der Waals surface area (Å²) in [5, 5.41) is 16.0. The highest BCUT2D eigenvalue weighted by Crippen LogP contribution is 2.39. The molecule has 2 aromatic rings. The second-order valence-electron chi connectivity index (χ2n) is 8.81. The summed E-state index contributed by atoms with van der Waals surface area (Å²) >= 11 is 6.30. The van der Waals surface area contributed by atoms with E-state index in [2.05, 4.69) is 21.1 Å². The molecule has 1 saturated carbocycles. The third kappa shape index (κ3) is 3.61. The molecule has 1 aromatic heterocycles. The van der Waals surface area contributed by atoms with Gasteiger partial charge < -0.3 is 5.11 Å². The van der Waals surface area contributed by atoms with E-state index in [-0.39, 0.29) is 6.10 Å². The zero-order valence-corrected chi connectivity index (χ0v) is 17.0. The van der Waals surface area contributed by atoms with Crippen LogP contribution in [0.1, 0.15) is 31.2 Å². The van der Waals surface area contributed by atoms with Crippen LogP contribution in [0.4, 0.5) is 0 Å². The van der Waals surface area contributed by atoms with Crippen LogP contribution in [-0.4, -0.2) is 63.0 Å². The number of likely N-dealkylation sites (tertiary alicyclic amines) is 2. The summed E-state index contributed by atoms with van der Waals surface area (Å²) in [6.45, 7) is 5.49. The number of halogens is 1. The minimum Gasteiger partial charge on any atom is -0.391 e. The standard InChI is InChI=1S/C22H29ClN4O/c23-19-5-1-2-6-20(19)27-13-16(11-24-27)12-25-14-17-9-21(26-7-3-4-8-26)22(28)10-18(17)15-25/h1-2,5-6,11,13,17-18,21-22,28H,3-4,7-10,12,14-15H2/t17-,18+,21-,22-/m1/s1. The number of hydrogen-bond donors (Lipinski definition) is 1. The normalized spacial score (nSPS) is 31.4. The first-order chi connectivity index (χ1) is 13.7. The van der Waals surface area contributed by atoms with E-state index >= 15 is 0 Å². The third-order valence-corrected chi connectivity index (χ3v) is 7.26. The molecule has 6 heteroatoms. The van der Waals surface area contributed by atoms with Gasteiger partial charge in [-0.1, -0.05) is 23.7 Å². The molecule has 0 bridgehead atoms. The van der Waals surface area contributed by atoms with E-state index in [0.717, 1.165) is 38.2 Å². The van der Waals surface area contributed by atoms with Crippen LogP contribution in [0.2, 0.25) is 5.02 Å². The zero-order valence-electron chi connectivity index (χ0n) is 16.3. The highest BCUT2D eigenvalue weighted by molar-refractivity contribution is 6.32. The highest BCUT2D eigenvalue weighted by Gasteiger charge is 2.43. The number of nitrogens with zero attached hydrogens (tertiary/aromatic N) is 4. The smallest absolute Gasteiger partial charge is 0.0831 e. The first kappa shape index (κ1) is 18.6. The maximum atomic E-state index is 10.7. The van der Waals surface area contributed by atoms with Crippen LogP contribution in [0.5, 0.6) is 0 Å². The topological polar surface area (TPSA) is 44.5 Å². The first-order valence-electron chi connectivity index (χ1n) is 10.6. The Morgan fingerprint density at radius 1 is 1.07 bits per heavy atom. The minimum absolute atomic E-state index is 0.151. The Morgan fingerprint density at radius 3 is 2.61 bits per heavy atom. The fourth-order valence-corrected chi connectivity index (χ4v) is 5.79. The predicted molar refractivity (Wildman–Crippen MR) is 111 cm³/mol. The fraction of sp³-hybridized carbons (Fsp3) is 0.591. The van der Waals surface area contributed by atoms with Crippen molar-refractivity contribution in [1.82, 2.24) is 19.6 Å². The zero-order chi connectivity index (χ0) is 19.1. The molecule has 2 saturated heterocycles. The van der Waals surface area contributed by atoms with Crippen molar-refractivity contribution in [2.45, 2.75) is 44.4 Å². The van der Waals surface area contributed by atoms with Crippen molar-refractivity contribution in [1.29, 1.82) is 0 Å². The second-order valence-corrected chi connectivity index (χ2v) is 9.22. The molecule has 1 N–H and O–H groups in total. The monoisotopic (exact) mass is 400 g/mol. The van der Waals surface area contributed by atoms with Crippen LogP contribution in [0.15, 0.2) is 36.7 Å². The molecule has 5 rings (SSSR count). The van der Waals surface area contributed by atoms with Crippen LogP contribution < -0.4 is 0 Å². The van der Waals surface area contributed by atoms with Crippen molar-refractivity contribution < 1.29 is 5.11 Å². The summed E-state index contributed by atoms with van der Waals surface area (Å²) in [6, 6.07) is 8.18. The van der Waals surface area contributed by atoms with Gasteiger partial charge in [0.1, 0.15) is 0 Å². The van der Waals surface area contributed by atoms with E-state index in [1.54, 1.807) is 0 Å². The third-order valence-electron chi connectivity index (χ3n) is 6.94. The van der Waals surface area contributed by atoms with E-state index in [1.807, 2.05) is 35.1 Å². The largest absolute Gasteiger partial charge is 0.391 e. The van der Waals surface area contributed by atoms with Gasteiger partial charge in [0.25, 0.3) is 0 Å². The van der Waals surface area contributed by atoms with Crippen molar-refractivity contribution in [2.75, 3.05) is 26.2 Å². The Labute approximate surface area is 171 Å². The molecule has 0 radical (unpaired) electrons. The Bertz CT molecular complexity index is 818. The molecule has 3 aliphatic rings. The van der Waals surface area contributed by atoms with Gasteiger partial charge in [0.2, 0.25) is 0 Å². The lowest BCUT2D eigenvalue weighted by molar-refractivity contribution is -0.000861. The lowest BCUT2D eigenvalue weighted by atomic mass is 9.77. The minimum atomic E-state index is -0.151. The molecule has 5 nitrogen and oxygen atoms in total. The summed E-state index contributed by atoms with van der Waals surface area (Å²) in [5.74, 6) is 1.35. The number of benzene rings is 1. The Balaban J connectivity index is 1.23. The molecular formula is C22H29ClN4O. The summed E-state index contributed by atoms with van der Waals surface area (Å²) in [7, 11) is 0. The Morgan fingerprint density at radius 2 is 1.82 bits per heavy atom. The predicted octanol–water partition coefficient (Wildman–Crippen LogP) is 3.19. The highest BCUT2D eigenvalue weighted by atomic mass is 35.5. The maximum absolute atomic E-state index is 10.7. The van der Waals surface area contributed by atoms with Gasteiger partial charge in [0, 0.05) is 37.4 Å². The number of aliphatic hydroxyl groups is 1. The molecule has 0 amide bonds. The van der Waals surface area contributed by atoms with Gasteiger partial charge >= 0.3 is 0 Å². The van der Waals surface area contributed by atoms with E-state index in [4.69, 9.17) is 11.6 Å². The number of fused-ring (bicyclic) bond motifs is 1. The van der Waals surface area contributed by atoms with E-state index in [0.29, 0.717) is 22.9 Å². The van der Waals surface area contributed by atoms with E-state index in [9.17, 15) is 5.11 Å². The summed E-state index contributed by atoms with van der Waals surface area (Å²) in [6.07, 6.45) is 8.58. The van der Waals surface area contributed by atoms with Crippen LogP contribution in [0.3, 0.4) is 0 Å². The van der Waals surface area contributed by atoms with Gasteiger partial charge in [-0.05, 0) is 62.7 Å². The van der Waals surface area contributed by atoms with E-state index in [1.165, 1.54) is 31.5 Å². The Hall–Kier alpha value is -1.40. The summed E-state index contributed by atoms with van der Waals surface area (Å²) < 4.78 is 1.87. The molecule has 1 aliphatic carbocycles.